The molecule has 108 valence electrons. The molecule has 0 saturated heterocycles. The quantitative estimate of drug-likeness (QED) is 0.741. The van der Waals surface area contributed by atoms with Crippen molar-refractivity contribution in [3.05, 3.63) is 58.4 Å². The van der Waals surface area contributed by atoms with Gasteiger partial charge in [0.25, 0.3) is 5.56 Å². The fourth-order valence-electron chi connectivity index (χ4n) is 2.73. The Bertz CT molecular complexity index is 847. The van der Waals surface area contributed by atoms with Crippen molar-refractivity contribution in [2.75, 3.05) is 0 Å². The number of nitrogens with zero attached hydrogens (tertiary/aromatic N) is 4. The van der Waals surface area contributed by atoms with Crippen LogP contribution >= 0.6 is 0 Å². The Kier molecular flexibility index (Phi) is 3.33. The molecule has 1 aromatic carbocycles. The monoisotopic (exact) mass is 282 g/mol. The number of aryl methyl sites for hydroxylation is 2. The first-order valence-electron chi connectivity index (χ1n) is 7.07. The van der Waals surface area contributed by atoms with E-state index in [0.717, 1.165) is 23.2 Å². The third kappa shape index (κ3) is 2.24. The van der Waals surface area contributed by atoms with Crippen LogP contribution < -0.4 is 5.56 Å². The number of hydrogen-bond donors (Lipinski definition) is 0. The van der Waals surface area contributed by atoms with E-state index in [4.69, 9.17) is 0 Å². The summed E-state index contributed by atoms with van der Waals surface area (Å²) in [6.07, 6.45) is 4.20. The number of rotatable bonds is 3. The zero-order valence-corrected chi connectivity index (χ0v) is 12.4. The van der Waals surface area contributed by atoms with Gasteiger partial charge in [0, 0.05) is 13.2 Å². The molecule has 0 aliphatic rings. The van der Waals surface area contributed by atoms with Gasteiger partial charge < -0.3 is 0 Å². The van der Waals surface area contributed by atoms with Gasteiger partial charge in [0.1, 0.15) is 0 Å². The molecule has 2 heterocycles. The Balaban J connectivity index is 2.22. The first-order chi connectivity index (χ1) is 10.1. The lowest BCUT2D eigenvalue weighted by Crippen LogP contribution is -2.27. The van der Waals surface area contributed by atoms with Gasteiger partial charge in [-0.25, -0.2) is 4.98 Å². The summed E-state index contributed by atoms with van der Waals surface area (Å²) < 4.78 is 3.51. The predicted octanol–water partition coefficient (Wildman–Crippen LogP) is 2.44. The summed E-state index contributed by atoms with van der Waals surface area (Å²) in [5, 5.41) is 4.86. The highest BCUT2D eigenvalue weighted by atomic mass is 16.1. The highest BCUT2D eigenvalue weighted by Crippen LogP contribution is 2.20. The van der Waals surface area contributed by atoms with Gasteiger partial charge in [-0.1, -0.05) is 18.6 Å². The normalized spacial score (nSPS) is 12.7. The maximum atomic E-state index is 12.8. The van der Waals surface area contributed by atoms with Gasteiger partial charge in [0.15, 0.2) is 0 Å². The number of fused-ring (bicyclic) bond motifs is 1. The summed E-state index contributed by atoms with van der Waals surface area (Å²) in [4.78, 5) is 17.2. The molecular formula is C16H18N4O. The van der Waals surface area contributed by atoms with E-state index < -0.39 is 0 Å². The molecular weight excluding hydrogens is 264 g/mol. The average molecular weight is 282 g/mol. The minimum atomic E-state index is -0.0533. The molecule has 0 aliphatic carbocycles. The molecule has 0 N–H and O–H groups in total. The van der Waals surface area contributed by atoms with Gasteiger partial charge in [-0.05, 0) is 31.5 Å². The van der Waals surface area contributed by atoms with Crippen LogP contribution in [0, 0.1) is 6.92 Å². The van der Waals surface area contributed by atoms with Crippen LogP contribution in [0.15, 0.2) is 41.6 Å². The maximum Gasteiger partial charge on any atom is 0.261 e. The van der Waals surface area contributed by atoms with E-state index in [2.05, 4.69) is 17.0 Å². The van der Waals surface area contributed by atoms with Gasteiger partial charge in [0.2, 0.25) is 0 Å². The Morgan fingerprint density at radius 3 is 2.76 bits per heavy atom. The molecule has 3 aromatic rings. The van der Waals surface area contributed by atoms with Gasteiger partial charge in [-0.2, -0.15) is 5.10 Å². The topological polar surface area (TPSA) is 52.7 Å². The molecule has 0 spiro atoms. The van der Waals surface area contributed by atoms with E-state index in [1.54, 1.807) is 21.8 Å². The SMILES string of the molecule is CC[C@H](c1ccnn1C)n1cnc2ccc(C)cc2c1=O. The van der Waals surface area contributed by atoms with Crippen molar-refractivity contribution in [3.8, 4) is 0 Å². The van der Waals surface area contributed by atoms with Gasteiger partial charge >= 0.3 is 0 Å². The Hall–Kier alpha value is -2.43. The molecule has 0 bridgehead atoms. The second kappa shape index (κ2) is 5.16. The summed E-state index contributed by atoms with van der Waals surface area (Å²) in [6, 6.07) is 7.65. The molecule has 0 radical (unpaired) electrons. The van der Waals surface area contributed by atoms with Crippen LogP contribution in [0.2, 0.25) is 0 Å². The highest BCUT2D eigenvalue weighted by Gasteiger charge is 2.17. The van der Waals surface area contributed by atoms with Gasteiger partial charge in [0.05, 0.1) is 29.0 Å². The molecule has 0 saturated carbocycles. The lowest BCUT2D eigenvalue weighted by molar-refractivity contribution is 0.502. The van der Waals surface area contributed by atoms with E-state index in [0.29, 0.717) is 5.39 Å². The zero-order valence-electron chi connectivity index (χ0n) is 12.4. The van der Waals surface area contributed by atoms with Crippen molar-refractivity contribution in [1.29, 1.82) is 0 Å². The Morgan fingerprint density at radius 2 is 2.10 bits per heavy atom. The highest BCUT2D eigenvalue weighted by molar-refractivity contribution is 5.77. The van der Waals surface area contributed by atoms with E-state index in [-0.39, 0.29) is 11.6 Å². The van der Waals surface area contributed by atoms with E-state index in [1.807, 2.05) is 38.2 Å². The summed E-state index contributed by atoms with van der Waals surface area (Å²) in [7, 11) is 1.89. The number of benzene rings is 1. The molecule has 0 unspecified atom stereocenters. The predicted molar refractivity (Wildman–Crippen MR) is 82.4 cm³/mol. The van der Waals surface area contributed by atoms with Crippen LogP contribution in [0.4, 0.5) is 0 Å². The van der Waals surface area contributed by atoms with Crippen molar-refractivity contribution in [3.63, 3.8) is 0 Å². The molecule has 2 aromatic heterocycles. The van der Waals surface area contributed by atoms with Crippen LogP contribution in [0.1, 0.15) is 30.6 Å². The van der Waals surface area contributed by atoms with Crippen molar-refractivity contribution in [2.45, 2.75) is 26.3 Å². The first-order valence-corrected chi connectivity index (χ1v) is 7.07. The molecule has 5 heteroatoms. The summed E-state index contributed by atoms with van der Waals surface area (Å²) in [5.74, 6) is 0. The first kappa shape index (κ1) is 13.5. The largest absolute Gasteiger partial charge is 0.290 e. The minimum absolute atomic E-state index is 0.00301. The molecule has 5 nitrogen and oxygen atoms in total. The van der Waals surface area contributed by atoms with E-state index in [9.17, 15) is 4.79 Å². The van der Waals surface area contributed by atoms with Gasteiger partial charge in [-0.15, -0.1) is 0 Å². The average Bonchev–Trinajstić information content (AvgIpc) is 2.89. The lowest BCUT2D eigenvalue weighted by atomic mass is 10.1. The van der Waals surface area contributed by atoms with Crippen molar-refractivity contribution < 1.29 is 0 Å². The molecule has 0 aliphatic heterocycles. The lowest BCUT2D eigenvalue weighted by Gasteiger charge is -2.18. The third-order valence-corrected chi connectivity index (χ3v) is 3.86. The second-order valence-electron chi connectivity index (χ2n) is 5.28. The Labute approximate surface area is 122 Å². The summed E-state index contributed by atoms with van der Waals surface area (Å²) in [6.45, 7) is 4.04. The van der Waals surface area contributed by atoms with Gasteiger partial charge in [-0.3, -0.25) is 14.0 Å². The standard InChI is InChI=1S/C16H18N4O/c1-4-14(15-7-8-18-19(15)3)20-10-17-13-6-5-11(2)9-12(13)16(20)21/h5-10,14H,4H2,1-3H3/t14-/m1/s1. The van der Waals surface area contributed by atoms with Crippen LogP contribution in [-0.4, -0.2) is 19.3 Å². The summed E-state index contributed by atoms with van der Waals surface area (Å²) >= 11 is 0. The van der Waals surface area contributed by atoms with Crippen molar-refractivity contribution >= 4 is 10.9 Å². The summed E-state index contributed by atoms with van der Waals surface area (Å²) in [5.41, 5.74) is 2.81. The minimum Gasteiger partial charge on any atom is -0.290 e. The molecule has 3 rings (SSSR count). The number of hydrogen-bond acceptors (Lipinski definition) is 3. The fourth-order valence-corrected chi connectivity index (χ4v) is 2.73. The molecule has 1 atom stereocenters. The van der Waals surface area contributed by atoms with E-state index >= 15 is 0 Å². The zero-order chi connectivity index (χ0) is 15.0. The third-order valence-electron chi connectivity index (χ3n) is 3.86. The Morgan fingerprint density at radius 1 is 1.29 bits per heavy atom. The number of aromatic nitrogens is 4. The molecule has 21 heavy (non-hydrogen) atoms. The van der Waals surface area contributed by atoms with Crippen molar-refractivity contribution in [2.24, 2.45) is 7.05 Å². The smallest absolute Gasteiger partial charge is 0.261 e. The fraction of sp³-hybridized carbons (Fsp3) is 0.312. The van der Waals surface area contributed by atoms with Crippen molar-refractivity contribution in [1.82, 2.24) is 19.3 Å². The second-order valence-corrected chi connectivity index (χ2v) is 5.28. The van der Waals surface area contributed by atoms with Crippen LogP contribution in [0.3, 0.4) is 0 Å². The van der Waals surface area contributed by atoms with Crippen LogP contribution in [0.5, 0.6) is 0 Å². The molecule has 0 fully saturated rings. The van der Waals surface area contributed by atoms with Crippen LogP contribution in [0.25, 0.3) is 10.9 Å². The van der Waals surface area contributed by atoms with E-state index in [1.165, 1.54) is 0 Å². The maximum absolute atomic E-state index is 12.8. The van der Waals surface area contributed by atoms with Crippen LogP contribution in [-0.2, 0) is 7.05 Å². The molecule has 0 amide bonds.